The van der Waals surface area contributed by atoms with Gasteiger partial charge in [0.05, 0.1) is 6.04 Å². The van der Waals surface area contributed by atoms with Crippen LogP contribution >= 0.6 is 0 Å². The zero-order chi connectivity index (χ0) is 9.42. The fourth-order valence-corrected chi connectivity index (χ4v) is 1.73. The van der Waals surface area contributed by atoms with Crippen LogP contribution in [-0.4, -0.2) is 6.61 Å². The molecule has 0 saturated carbocycles. The molecule has 0 bridgehead atoms. The van der Waals surface area contributed by atoms with Gasteiger partial charge in [-0.15, -0.1) is 0 Å². The van der Waals surface area contributed by atoms with E-state index in [1.807, 2.05) is 6.92 Å². The summed E-state index contributed by atoms with van der Waals surface area (Å²) in [5.74, 6) is 0.0481. The minimum atomic E-state index is -0.305. The zero-order valence-corrected chi connectivity index (χ0v) is 7.51. The zero-order valence-electron chi connectivity index (χ0n) is 7.51. The molecule has 2 N–H and O–H groups in total. The summed E-state index contributed by atoms with van der Waals surface area (Å²) in [5, 5.41) is 0. The second kappa shape index (κ2) is 3.00. The Hall–Kier alpha value is -1.09. The number of halogens is 1. The summed E-state index contributed by atoms with van der Waals surface area (Å²) >= 11 is 0. The van der Waals surface area contributed by atoms with Crippen molar-refractivity contribution in [2.75, 3.05) is 6.61 Å². The van der Waals surface area contributed by atoms with Crippen molar-refractivity contribution in [1.82, 2.24) is 0 Å². The van der Waals surface area contributed by atoms with Crippen LogP contribution < -0.4 is 10.5 Å². The van der Waals surface area contributed by atoms with Crippen molar-refractivity contribution >= 4 is 0 Å². The SMILES string of the molecule is CCc1ccc(F)c2c1[C@@H](N)CO2. The Bertz CT molecular complexity index is 338. The summed E-state index contributed by atoms with van der Waals surface area (Å²) in [6, 6.07) is 3.05. The largest absolute Gasteiger partial charge is 0.488 e. The molecule has 0 fully saturated rings. The van der Waals surface area contributed by atoms with Crippen molar-refractivity contribution in [3.05, 3.63) is 29.1 Å². The molecule has 1 atom stereocenters. The summed E-state index contributed by atoms with van der Waals surface area (Å²) in [6.45, 7) is 2.42. The Kier molecular flexibility index (Phi) is 1.96. The molecule has 0 spiro atoms. The molecule has 70 valence electrons. The normalized spacial score (nSPS) is 19.8. The average Bonchev–Trinajstić information content (AvgIpc) is 2.51. The molecule has 1 aliphatic rings. The third-order valence-electron chi connectivity index (χ3n) is 2.40. The Morgan fingerprint density at radius 3 is 3.08 bits per heavy atom. The van der Waals surface area contributed by atoms with Gasteiger partial charge in [0.2, 0.25) is 0 Å². The van der Waals surface area contributed by atoms with Gasteiger partial charge in [0, 0.05) is 5.56 Å². The van der Waals surface area contributed by atoms with Crippen LogP contribution in [-0.2, 0) is 6.42 Å². The van der Waals surface area contributed by atoms with Gasteiger partial charge >= 0.3 is 0 Å². The minimum Gasteiger partial charge on any atom is -0.488 e. The van der Waals surface area contributed by atoms with E-state index in [2.05, 4.69) is 0 Å². The highest BCUT2D eigenvalue weighted by Gasteiger charge is 2.26. The minimum absolute atomic E-state index is 0.166. The molecule has 1 heterocycles. The van der Waals surface area contributed by atoms with Crippen molar-refractivity contribution in [2.45, 2.75) is 19.4 Å². The third-order valence-corrected chi connectivity index (χ3v) is 2.40. The fraction of sp³-hybridized carbons (Fsp3) is 0.400. The Morgan fingerprint density at radius 2 is 2.38 bits per heavy atom. The number of hydrogen-bond donors (Lipinski definition) is 1. The van der Waals surface area contributed by atoms with E-state index in [1.165, 1.54) is 6.07 Å². The van der Waals surface area contributed by atoms with Crippen LogP contribution in [0.2, 0.25) is 0 Å². The van der Waals surface area contributed by atoms with Crippen molar-refractivity contribution < 1.29 is 9.13 Å². The first-order valence-electron chi connectivity index (χ1n) is 4.43. The Labute approximate surface area is 76.5 Å². The van der Waals surface area contributed by atoms with Gasteiger partial charge in [-0.2, -0.15) is 0 Å². The number of ether oxygens (including phenoxy) is 1. The smallest absolute Gasteiger partial charge is 0.165 e. The van der Waals surface area contributed by atoms with Crippen LogP contribution in [0.5, 0.6) is 5.75 Å². The molecule has 1 aromatic rings. The van der Waals surface area contributed by atoms with Crippen molar-refractivity contribution in [3.8, 4) is 5.75 Å². The van der Waals surface area contributed by atoms with Crippen molar-refractivity contribution in [2.24, 2.45) is 5.73 Å². The molecule has 0 amide bonds. The van der Waals surface area contributed by atoms with Gasteiger partial charge in [0.1, 0.15) is 6.61 Å². The van der Waals surface area contributed by atoms with E-state index in [-0.39, 0.29) is 11.9 Å². The molecular weight excluding hydrogens is 169 g/mol. The maximum Gasteiger partial charge on any atom is 0.165 e. The molecule has 1 aliphatic heterocycles. The molecule has 1 aromatic carbocycles. The van der Waals surface area contributed by atoms with E-state index in [9.17, 15) is 4.39 Å². The molecular formula is C10H12FNO. The lowest BCUT2D eigenvalue weighted by molar-refractivity contribution is 0.319. The molecule has 2 rings (SSSR count). The van der Waals surface area contributed by atoms with Gasteiger partial charge in [-0.3, -0.25) is 0 Å². The maximum atomic E-state index is 13.2. The molecule has 0 unspecified atom stereocenters. The van der Waals surface area contributed by atoms with E-state index in [0.29, 0.717) is 12.4 Å². The molecule has 0 saturated heterocycles. The topological polar surface area (TPSA) is 35.2 Å². The van der Waals surface area contributed by atoms with Gasteiger partial charge in [-0.1, -0.05) is 13.0 Å². The lowest BCUT2D eigenvalue weighted by Gasteiger charge is -2.07. The van der Waals surface area contributed by atoms with E-state index >= 15 is 0 Å². The van der Waals surface area contributed by atoms with E-state index < -0.39 is 0 Å². The second-order valence-corrected chi connectivity index (χ2v) is 3.22. The fourth-order valence-electron chi connectivity index (χ4n) is 1.73. The molecule has 0 aromatic heterocycles. The average molecular weight is 181 g/mol. The summed E-state index contributed by atoms with van der Waals surface area (Å²) in [6.07, 6.45) is 0.861. The van der Waals surface area contributed by atoms with Crippen molar-refractivity contribution in [1.29, 1.82) is 0 Å². The van der Waals surface area contributed by atoms with Gasteiger partial charge in [-0.25, -0.2) is 4.39 Å². The molecule has 3 heteroatoms. The monoisotopic (exact) mass is 181 g/mol. The first-order chi connectivity index (χ1) is 6.24. The highest BCUT2D eigenvalue weighted by Crippen LogP contribution is 2.36. The lowest BCUT2D eigenvalue weighted by atomic mass is 10.00. The summed E-state index contributed by atoms with van der Waals surface area (Å²) in [5.41, 5.74) is 7.73. The number of benzene rings is 1. The van der Waals surface area contributed by atoms with Crippen LogP contribution in [0.1, 0.15) is 24.1 Å². The number of fused-ring (bicyclic) bond motifs is 1. The van der Waals surface area contributed by atoms with Gasteiger partial charge in [0.15, 0.2) is 11.6 Å². The molecule has 2 nitrogen and oxygen atoms in total. The maximum absolute atomic E-state index is 13.2. The highest BCUT2D eigenvalue weighted by molar-refractivity contribution is 5.46. The first kappa shape index (κ1) is 8.51. The molecule has 0 aliphatic carbocycles. The number of aryl methyl sites for hydroxylation is 1. The third kappa shape index (κ3) is 1.20. The number of hydrogen-bond acceptors (Lipinski definition) is 2. The van der Waals surface area contributed by atoms with Crippen LogP contribution in [0.25, 0.3) is 0 Å². The second-order valence-electron chi connectivity index (χ2n) is 3.22. The predicted molar refractivity (Wildman–Crippen MR) is 48.2 cm³/mol. The van der Waals surface area contributed by atoms with Crippen molar-refractivity contribution in [3.63, 3.8) is 0 Å². The molecule has 13 heavy (non-hydrogen) atoms. The summed E-state index contributed by atoms with van der Waals surface area (Å²) in [7, 11) is 0. The predicted octanol–water partition coefficient (Wildman–Crippen LogP) is 1.78. The van der Waals surface area contributed by atoms with Crippen LogP contribution in [0, 0.1) is 5.82 Å². The first-order valence-corrected chi connectivity index (χ1v) is 4.43. The van der Waals surface area contributed by atoms with Crippen LogP contribution in [0.3, 0.4) is 0 Å². The van der Waals surface area contributed by atoms with E-state index in [1.54, 1.807) is 6.07 Å². The standard InChI is InChI=1S/C10H12FNO/c1-2-6-3-4-7(11)10-9(6)8(12)5-13-10/h3-4,8H,2,5,12H2,1H3/t8-/m0/s1. The number of rotatable bonds is 1. The number of nitrogens with two attached hydrogens (primary N) is 1. The van der Waals surface area contributed by atoms with Gasteiger partial charge in [0.25, 0.3) is 0 Å². The summed E-state index contributed by atoms with van der Waals surface area (Å²) in [4.78, 5) is 0. The van der Waals surface area contributed by atoms with Gasteiger partial charge < -0.3 is 10.5 Å². The summed E-state index contributed by atoms with van der Waals surface area (Å²) < 4.78 is 18.4. The van der Waals surface area contributed by atoms with Gasteiger partial charge in [-0.05, 0) is 18.1 Å². The molecule has 0 radical (unpaired) electrons. The van der Waals surface area contributed by atoms with E-state index in [4.69, 9.17) is 10.5 Å². The Balaban J connectivity index is 2.60. The quantitative estimate of drug-likeness (QED) is 0.716. The van der Waals surface area contributed by atoms with Crippen LogP contribution in [0.4, 0.5) is 4.39 Å². The highest BCUT2D eigenvalue weighted by atomic mass is 19.1. The van der Waals surface area contributed by atoms with E-state index in [0.717, 1.165) is 17.5 Å². The Morgan fingerprint density at radius 1 is 1.62 bits per heavy atom. The lowest BCUT2D eigenvalue weighted by Crippen LogP contribution is -2.12. The van der Waals surface area contributed by atoms with Crippen LogP contribution in [0.15, 0.2) is 12.1 Å².